The number of nitrogens with zero attached hydrogens (tertiary/aromatic N) is 3. The summed E-state index contributed by atoms with van der Waals surface area (Å²) in [5.41, 5.74) is 6.85. The summed E-state index contributed by atoms with van der Waals surface area (Å²) in [4.78, 5) is 12.1. The van der Waals surface area contributed by atoms with Crippen LogP contribution in [0.3, 0.4) is 0 Å². The van der Waals surface area contributed by atoms with Crippen molar-refractivity contribution in [2.24, 2.45) is 0 Å². The molecule has 1 amide bonds. The zero-order valence-corrected chi connectivity index (χ0v) is 13.3. The second-order valence-corrected chi connectivity index (χ2v) is 5.94. The maximum Gasteiger partial charge on any atom is 0.253 e. The highest BCUT2D eigenvalue weighted by Gasteiger charge is 2.14. The van der Waals surface area contributed by atoms with E-state index in [1.807, 2.05) is 12.1 Å². The SMILES string of the molecule is Nc1ccccc1C(=O)NCCCc1nnc2n1CCCCC2. The van der Waals surface area contributed by atoms with Crippen molar-refractivity contribution in [1.29, 1.82) is 0 Å². The van der Waals surface area contributed by atoms with Gasteiger partial charge in [0.15, 0.2) is 0 Å². The van der Waals surface area contributed by atoms with Crippen molar-refractivity contribution in [1.82, 2.24) is 20.1 Å². The molecule has 0 fully saturated rings. The molecule has 23 heavy (non-hydrogen) atoms. The van der Waals surface area contributed by atoms with Gasteiger partial charge in [-0.1, -0.05) is 18.6 Å². The molecule has 1 aliphatic heterocycles. The van der Waals surface area contributed by atoms with Gasteiger partial charge >= 0.3 is 0 Å². The Hall–Kier alpha value is -2.37. The third-order valence-electron chi connectivity index (χ3n) is 4.25. The van der Waals surface area contributed by atoms with Crippen molar-refractivity contribution in [3.05, 3.63) is 41.5 Å². The van der Waals surface area contributed by atoms with Gasteiger partial charge in [0, 0.05) is 31.6 Å². The minimum absolute atomic E-state index is 0.122. The summed E-state index contributed by atoms with van der Waals surface area (Å²) in [6.07, 6.45) is 6.36. The number of aryl methyl sites for hydroxylation is 2. The normalized spacial score (nSPS) is 14.1. The van der Waals surface area contributed by atoms with Crippen LogP contribution in [0.15, 0.2) is 24.3 Å². The lowest BCUT2D eigenvalue weighted by Gasteiger charge is -2.08. The second-order valence-electron chi connectivity index (χ2n) is 5.94. The summed E-state index contributed by atoms with van der Waals surface area (Å²) < 4.78 is 2.25. The average Bonchev–Trinajstić information content (AvgIpc) is 2.79. The topological polar surface area (TPSA) is 85.8 Å². The fourth-order valence-electron chi connectivity index (χ4n) is 2.98. The lowest BCUT2D eigenvalue weighted by molar-refractivity contribution is 0.0954. The van der Waals surface area contributed by atoms with Gasteiger partial charge < -0.3 is 15.6 Å². The van der Waals surface area contributed by atoms with Gasteiger partial charge in [-0.3, -0.25) is 4.79 Å². The van der Waals surface area contributed by atoms with Gasteiger partial charge in [0.25, 0.3) is 5.91 Å². The van der Waals surface area contributed by atoms with Crippen LogP contribution in [0.4, 0.5) is 5.69 Å². The molecule has 3 N–H and O–H groups in total. The predicted octanol–water partition coefficient (Wildman–Crippen LogP) is 1.95. The fourth-order valence-corrected chi connectivity index (χ4v) is 2.98. The van der Waals surface area contributed by atoms with E-state index in [1.54, 1.807) is 12.1 Å². The largest absolute Gasteiger partial charge is 0.398 e. The van der Waals surface area contributed by atoms with Gasteiger partial charge in [0.2, 0.25) is 0 Å². The Labute approximate surface area is 136 Å². The molecule has 0 atom stereocenters. The van der Waals surface area contributed by atoms with Gasteiger partial charge in [-0.25, -0.2) is 0 Å². The number of rotatable bonds is 5. The van der Waals surface area contributed by atoms with Crippen LogP contribution in [0.25, 0.3) is 0 Å². The number of benzene rings is 1. The lowest BCUT2D eigenvalue weighted by Crippen LogP contribution is -2.25. The molecular weight excluding hydrogens is 290 g/mol. The third-order valence-corrected chi connectivity index (χ3v) is 4.25. The minimum atomic E-state index is -0.122. The number of aromatic nitrogens is 3. The molecule has 6 nitrogen and oxygen atoms in total. The van der Waals surface area contributed by atoms with Crippen LogP contribution in [0.5, 0.6) is 0 Å². The zero-order chi connectivity index (χ0) is 16.1. The highest BCUT2D eigenvalue weighted by Crippen LogP contribution is 2.15. The molecule has 0 aliphatic carbocycles. The molecule has 122 valence electrons. The first kappa shape index (κ1) is 15.5. The number of fused-ring (bicyclic) bond motifs is 1. The predicted molar refractivity (Wildman–Crippen MR) is 89.1 cm³/mol. The van der Waals surface area contributed by atoms with E-state index in [1.165, 1.54) is 19.3 Å². The average molecular weight is 313 g/mol. The molecule has 0 saturated carbocycles. The number of hydrogen-bond acceptors (Lipinski definition) is 4. The summed E-state index contributed by atoms with van der Waals surface area (Å²) in [7, 11) is 0. The summed E-state index contributed by atoms with van der Waals surface area (Å²) in [6, 6.07) is 7.11. The number of amides is 1. The third kappa shape index (κ3) is 3.70. The maximum absolute atomic E-state index is 12.1. The quantitative estimate of drug-likeness (QED) is 0.652. The Morgan fingerprint density at radius 1 is 1.22 bits per heavy atom. The Morgan fingerprint density at radius 2 is 2.09 bits per heavy atom. The van der Waals surface area contributed by atoms with Crippen molar-refractivity contribution < 1.29 is 4.79 Å². The first-order chi connectivity index (χ1) is 11.3. The van der Waals surface area contributed by atoms with E-state index in [4.69, 9.17) is 5.73 Å². The molecular formula is C17H23N5O. The maximum atomic E-state index is 12.1. The number of carbonyl (C=O) groups is 1. The molecule has 0 unspecified atom stereocenters. The van der Waals surface area contributed by atoms with Gasteiger partial charge in [0.05, 0.1) is 5.56 Å². The number of para-hydroxylation sites is 1. The van der Waals surface area contributed by atoms with E-state index in [9.17, 15) is 4.79 Å². The molecule has 0 spiro atoms. The van der Waals surface area contributed by atoms with Crippen LogP contribution in [0, 0.1) is 0 Å². The van der Waals surface area contributed by atoms with Crippen molar-refractivity contribution in [3.8, 4) is 0 Å². The van der Waals surface area contributed by atoms with Crippen LogP contribution < -0.4 is 11.1 Å². The summed E-state index contributed by atoms with van der Waals surface area (Å²) >= 11 is 0. The summed E-state index contributed by atoms with van der Waals surface area (Å²) in [5.74, 6) is 2.03. The molecule has 1 aliphatic rings. The van der Waals surface area contributed by atoms with Crippen molar-refractivity contribution in [2.75, 3.05) is 12.3 Å². The highest BCUT2D eigenvalue weighted by molar-refractivity contribution is 5.98. The molecule has 1 aromatic carbocycles. The number of nitrogens with one attached hydrogen (secondary N) is 1. The minimum Gasteiger partial charge on any atom is -0.398 e. The van der Waals surface area contributed by atoms with Crippen molar-refractivity contribution in [3.63, 3.8) is 0 Å². The molecule has 2 heterocycles. The number of nitrogen functional groups attached to an aromatic ring is 1. The Morgan fingerprint density at radius 3 is 2.96 bits per heavy atom. The molecule has 0 saturated heterocycles. The molecule has 0 radical (unpaired) electrons. The van der Waals surface area contributed by atoms with Gasteiger partial charge in [-0.05, 0) is 31.4 Å². The van der Waals surface area contributed by atoms with Crippen LogP contribution in [0.1, 0.15) is 47.7 Å². The van der Waals surface area contributed by atoms with Crippen LogP contribution >= 0.6 is 0 Å². The highest BCUT2D eigenvalue weighted by atomic mass is 16.1. The molecule has 3 rings (SSSR count). The zero-order valence-electron chi connectivity index (χ0n) is 13.3. The smallest absolute Gasteiger partial charge is 0.253 e. The van der Waals surface area contributed by atoms with Crippen LogP contribution in [-0.2, 0) is 19.4 Å². The van der Waals surface area contributed by atoms with Crippen LogP contribution in [0.2, 0.25) is 0 Å². The number of nitrogens with two attached hydrogens (primary N) is 1. The number of carbonyl (C=O) groups excluding carboxylic acids is 1. The van der Waals surface area contributed by atoms with E-state index < -0.39 is 0 Å². The Balaban J connectivity index is 1.50. The monoisotopic (exact) mass is 313 g/mol. The van der Waals surface area contributed by atoms with E-state index >= 15 is 0 Å². The molecule has 1 aromatic heterocycles. The van der Waals surface area contributed by atoms with Crippen molar-refractivity contribution in [2.45, 2.75) is 45.1 Å². The van der Waals surface area contributed by atoms with Gasteiger partial charge in [-0.2, -0.15) is 0 Å². The number of hydrogen-bond donors (Lipinski definition) is 2. The molecule has 6 heteroatoms. The Bertz CT molecular complexity index is 679. The summed E-state index contributed by atoms with van der Waals surface area (Å²) in [6.45, 7) is 1.62. The van der Waals surface area contributed by atoms with Crippen LogP contribution in [-0.4, -0.2) is 27.2 Å². The van der Waals surface area contributed by atoms with E-state index in [0.717, 1.165) is 37.5 Å². The standard InChI is InChI=1S/C17H23N5O/c18-14-8-4-3-7-13(14)17(23)19-11-6-10-16-21-20-15-9-2-1-5-12-22(15)16/h3-4,7-8H,1-2,5-6,9-12,18H2,(H,19,23). The second kappa shape index (κ2) is 7.26. The first-order valence-electron chi connectivity index (χ1n) is 8.29. The first-order valence-corrected chi connectivity index (χ1v) is 8.29. The summed E-state index contributed by atoms with van der Waals surface area (Å²) in [5, 5.41) is 11.5. The van der Waals surface area contributed by atoms with Crippen molar-refractivity contribution >= 4 is 11.6 Å². The van der Waals surface area contributed by atoms with Gasteiger partial charge in [0.1, 0.15) is 11.6 Å². The molecule has 0 bridgehead atoms. The van der Waals surface area contributed by atoms with E-state index in [-0.39, 0.29) is 5.91 Å². The molecule has 2 aromatic rings. The van der Waals surface area contributed by atoms with E-state index in [0.29, 0.717) is 17.8 Å². The van der Waals surface area contributed by atoms with Gasteiger partial charge in [-0.15, -0.1) is 10.2 Å². The number of anilines is 1. The van der Waals surface area contributed by atoms with E-state index in [2.05, 4.69) is 20.1 Å². The fraction of sp³-hybridized carbons (Fsp3) is 0.471. The lowest BCUT2D eigenvalue weighted by atomic mass is 10.1. The Kier molecular flexibility index (Phi) is 4.90.